The number of carbonyl (C=O) groups excluding carboxylic acids is 1. The van der Waals surface area contributed by atoms with E-state index < -0.39 is 18.3 Å². The van der Waals surface area contributed by atoms with Gasteiger partial charge in [0, 0.05) is 12.5 Å². The fraction of sp³-hybridized carbons (Fsp3) is 0.261. The summed E-state index contributed by atoms with van der Waals surface area (Å²) >= 11 is 1.46. The highest BCUT2D eigenvalue weighted by atomic mass is 32.1. The molecule has 3 aromatic rings. The highest BCUT2D eigenvalue weighted by molar-refractivity contribution is 7.08. The predicted octanol–water partition coefficient (Wildman–Crippen LogP) is 3.99. The molecule has 1 aliphatic carbocycles. The summed E-state index contributed by atoms with van der Waals surface area (Å²) < 4.78 is 5.44. The first-order valence-corrected chi connectivity index (χ1v) is 10.5. The maximum Gasteiger partial charge on any atom is 0.407 e. The monoisotopic (exact) mass is 409 g/mol. The smallest absolute Gasteiger partial charge is 0.407 e. The second-order valence-electron chi connectivity index (χ2n) is 7.23. The van der Waals surface area contributed by atoms with Crippen molar-refractivity contribution in [3.8, 4) is 11.1 Å². The largest absolute Gasteiger partial charge is 0.449 e. The molecule has 5 nitrogen and oxygen atoms in total. The molecular weight excluding hydrogens is 386 g/mol. The minimum absolute atomic E-state index is 0.0166. The number of aliphatic hydroxyl groups is 2. The molecular formula is C23H23NO4S. The van der Waals surface area contributed by atoms with Crippen LogP contribution in [0.2, 0.25) is 0 Å². The van der Waals surface area contributed by atoms with Crippen LogP contribution in [0.3, 0.4) is 0 Å². The Bertz CT molecular complexity index is 970. The van der Waals surface area contributed by atoms with E-state index in [1.165, 1.54) is 22.5 Å². The fourth-order valence-electron chi connectivity index (χ4n) is 3.83. The molecule has 3 N–H and O–H groups in total. The number of fused-ring (bicyclic) bond motifs is 3. The fourth-order valence-corrected chi connectivity index (χ4v) is 4.71. The molecule has 1 amide bonds. The molecule has 1 aliphatic rings. The maximum atomic E-state index is 12.2. The standard InChI is InChI=1S/C23H23NO4S/c1-14-12-29-13-20(14)22(26)21(25)10-24-23(27)28-11-19-17-8-4-2-6-15(17)16-7-3-5-9-18(16)19/h2-9,12-13,19,21-22,25-26H,10-11H2,1H3,(H,24,27). The van der Waals surface area contributed by atoms with Gasteiger partial charge in [0.2, 0.25) is 0 Å². The quantitative estimate of drug-likeness (QED) is 0.575. The van der Waals surface area contributed by atoms with Crippen LogP contribution in [-0.4, -0.2) is 35.6 Å². The highest BCUT2D eigenvalue weighted by Gasteiger charge is 2.29. The van der Waals surface area contributed by atoms with Crippen LogP contribution in [0.25, 0.3) is 11.1 Å². The Kier molecular flexibility index (Phi) is 5.67. The number of hydrogen-bond acceptors (Lipinski definition) is 5. The molecule has 0 radical (unpaired) electrons. The van der Waals surface area contributed by atoms with E-state index in [0.717, 1.165) is 16.7 Å². The van der Waals surface area contributed by atoms with Gasteiger partial charge in [-0.3, -0.25) is 0 Å². The molecule has 29 heavy (non-hydrogen) atoms. The average Bonchev–Trinajstić information content (AvgIpc) is 3.31. The number of nitrogens with one attached hydrogen (secondary N) is 1. The van der Waals surface area contributed by atoms with Crippen molar-refractivity contribution in [3.05, 3.63) is 81.5 Å². The summed E-state index contributed by atoms with van der Waals surface area (Å²) in [6, 6.07) is 16.3. The van der Waals surface area contributed by atoms with E-state index in [1.807, 2.05) is 36.6 Å². The van der Waals surface area contributed by atoms with Gasteiger partial charge in [-0.15, -0.1) is 0 Å². The summed E-state index contributed by atoms with van der Waals surface area (Å²) in [6.07, 6.45) is -2.76. The SMILES string of the molecule is Cc1cscc1C(O)C(O)CNC(=O)OCC1c2ccccc2-c2ccccc21. The van der Waals surface area contributed by atoms with Gasteiger partial charge >= 0.3 is 6.09 Å². The lowest BCUT2D eigenvalue weighted by Crippen LogP contribution is -2.36. The van der Waals surface area contributed by atoms with Crippen LogP contribution < -0.4 is 5.32 Å². The number of benzene rings is 2. The van der Waals surface area contributed by atoms with Crippen LogP contribution in [0.1, 0.15) is 34.3 Å². The van der Waals surface area contributed by atoms with Gasteiger partial charge in [-0.2, -0.15) is 11.3 Å². The van der Waals surface area contributed by atoms with Crippen LogP contribution in [-0.2, 0) is 4.74 Å². The van der Waals surface area contributed by atoms with Crippen LogP contribution in [0, 0.1) is 6.92 Å². The molecule has 2 atom stereocenters. The van der Waals surface area contributed by atoms with Crippen LogP contribution in [0.4, 0.5) is 4.79 Å². The van der Waals surface area contributed by atoms with Gasteiger partial charge in [-0.05, 0) is 51.1 Å². The molecule has 150 valence electrons. The summed E-state index contributed by atoms with van der Waals surface area (Å²) in [7, 11) is 0. The number of alkyl carbamates (subject to hydrolysis) is 1. The van der Waals surface area contributed by atoms with Crippen molar-refractivity contribution >= 4 is 17.4 Å². The molecule has 2 unspecified atom stereocenters. The summed E-state index contributed by atoms with van der Waals surface area (Å²) in [5.74, 6) is -0.0166. The zero-order valence-corrected chi connectivity index (χ0v) is 16.9. The van der Waals surface area contributed by atoms with E-state index in [0.29, 0.717) is 5.56 Å². The normalized spacial score (nSPS) is 14.7. The molecule has 0 fully saturated rings. The van der Waals surface area contributed by atoms with Gasteiger partial charge in [0.15, 0.2) is 0 Å². The van der Waals surface area contributed by atoms with Gasteiger partial charge in [0.1, 0.15) is 18.8 Å². The van der Waals surface area contributed by atoms with Crippen molar-refractivity contribution in [2.45, 2.75) is 25.0 Å². The van der Waals surface area contributed by atoms with Crippen LogP contribution >= 0.6 is 11.3 Å². The summed E-state index contributed by atoms with van der Waals surface area (Å²) in [6.45, 7) is 2.00. The Hall–Kier alpha value is -2.67. The number of aliphatic hydroxyl groups excluding tert-OH is 2. The van der Waals surface area contributed by atoms with Crippen molar-refractivity contribution in [2.75, 3.05) is 13.2 Å². The van der Waals surface area contributed by atoms with E-state index in [4.69, 9.17) is 4.74 Å². The first-order chi connectivity index (χ1) is 14.1. The number of ether oxygens (including phenoxy) is 1. The number of amides is 1. The van der Waals surface area contributed by atoms with Crippen molar-refractivity contribution < 1.29 is 19.7 Å². The van der Waals surface area contributed by atoms with E-state index in [2.05, 4.69) is 29.6 Å². The number of thiophene rings is 1. The Morgan fingerprint density at radius 2 is 1.69 bits per heavy atom. The third-order valence-electron chi connectivity index (χ3n) is 5.38. The van der Waals surface area contributed by atoms with E-state index >= 15 is 0 Å². The number of aryl methyl sites for hydroxylation is 1. The van der Waals surface area contributed by atoms with Crippen LogP contribution in [0.5, 0.6) is 0 Å². The Labute approximate surface area is 173 Å². The van der Waals surface area contributed by atoms with E-state index in [9.17, 15) is 15.0 Å². The lowest BCUT2D eigenvalue weighted by atomic mass is 9.98. The number of carbonyl (C=O) groups is 1. The van der Waals surface area contributed by atoms with E-state index in [-0.39, 0.29) is 19.1 Å². The molecule has 2 aromatic carbocycles. The molecule has 0 saturated carbocycles. The second-order valence-corrected chi connectivity index (χ2v) is 7.97. The molecule has 4 rings (SSSR count). The first kappa shape index (κ1) is 19.6. The molecule has 6 heteroatoms. The summed E-state index contributed by atoms with van der Waals surface area (Å²) in [4.78, 5) is 12.2. The minimum atomic E-state index is -1.11. The summed E-state index contributed by atoms with van der Waals surface area (Å²) in [5.41, 5.74) is 6.22. The summed E-state index contributed by atoms with van der Waals surface area (Å²) in [5, 5.41) is 26.7. The molecule has 1 aromatic heterocycles. The minimum Gasteiger partial charge on any atom is -0.449 e. The second kappa shape index (κ2) is 8.37. The predicted molar refractivity (Wildman–Crippen MR) is 113 cm³/mol. The topological polar surface area (TPSA) is 78.8 Å². The lowest BCUT2D eigenvalue weighted by Gasteiger charge is -2.19. The lowest BCUT2D eigenvalue weighted by molar-refractivity contribution is 0.0184. The van der Waals surface area contributed by atoms with Crippen molar-refractivity contribution in [1.29, 1.82) is 0 Å². The molecule has 0 saturated heterocycles. The number of rotatable bonds is 6. The molecule has 0 spiro atoms. The Balaban J connectivity index is 1.35. The highest BCUT2D eigenvalue weighted by Crippen LogP contribution is 2.44. The van der Waals surface area contributed by atoms with E-state index in [1.54, 1.807) is 5.38 Å². The van der Waals surface area contributed by atoms with Crippen molar-refractivity contribution in [2.24, 2.45) is 0 Å². The van der Waals surface area contributed by atoms with Crippen LogP contribution in [0.15, 0.2) is 59.3 Å². The molecule has 0 bridgehead atoms. The maximum absolute atomic E-state index is 12.2. The van der Waals surface area contributed by atoms with Gasteiger partial charge in [0.05, 0.1) is 0 Å². The first-order valence-electron chi connectivity index (χ1n) is 9.54. The Morgan fingerprint density at radius 1 is 1.07 bits per heavy atom. The molecule has 0 aliphatic heterocycles. The van der Waals surface area contributed by atoms with Crippen molar-refractivity contribution in [3.63, 3.8) is 0 Å². The third-order valence-corrected chi connectivity index (χ3v) is 6.26. The zero-order valence-electron chi connectivity index (χ0n) is 16.0. The zero-order chi connectivity index (χ0) is 20.4. The van der Waals surface area contributed by atoms with Gasteiger partial charge in [-0.25, -0.2) is 4.79 Å². The molecule has 1 heterocycles. The van der Waals surface area contributed by atoms with Gasteiger partial charge in [-0.1, -0.05) is 48.5 Å². The van der Waals surface area contributed by atoms with Gasteiger partial charge in [0.25, 0.3) is 0 Å². The third kappa shape index (κ3) is 3.92. The number of hydrogen-bond donors (Lipinski definition) is 3. The van der Waals surface area contributed by atoms with Gasteiger partial charge < -0.3 is 20.3 Å². The average molecular weight is 410 g/mol. The Morgan fingerprint density at radius 3 is 2.28 bits per heavy atom. The van der Waals surface area contributed by atoms with Crippen molar-refractivity contribution in [1.82, 2.24) is 5.32 Å².